The van der Waals surface area contributed by atoms with E-state index in [1.165, 1.54) is 78.6 Å². The number of halogens is 1. The predicted octanol–water partition coefficient (Wildman–Crippen LogP) is 3.96. The van der Waals surface area contributed by atoms with E-state index < -0.39 is 151 Å². The van der Waals surface area contributed by atoms with Crippen LogP contribution >= 0.6 is 11.6 Å². The SMILES string of the molecule is CC[C@H](C)[C@@H]1NC(=O)[C@H](C)N(C)C(=O)C[C@@H](C(=O)N2CCCCC2)N(C)C(=O)[C@H](C2CCCCC2)N(C)C(=O)C2(CCCC2)NC(=O)[C@@H]2CCCN2C(=O)[C@H](COCc2cccc(Cl)c2)NC(=O)CN(C)C(=O)[C@H](CC2CCCCC2)N(C)C(=O)CN(C)C(=O)CN(C)C1=O. The molecule has 0 aromatic heterocycles. The van der Waals surface area contributed by atoms with Crippen LogP contribution in [0.15, 0.2) is 24.3 Å². The number of amides is 12. The second-order valence-electron chi connectivity index (χ2n) is 28.0. The van der Waals surface area contributed by atoms with Crippen molar-refractivity contribution in [3.8, 4) is 0 Å². The molecule has 1 spiro atoms. The first-order valence-corrected chi connectivity index (χ1v) is 35.2. The van der Waals surface area contributed by atoms with Crippen molar-refractivity contribution in [3.05, 3.63) is 34.9 Å². The first-order chi connectivity index (χ1) is 45.2. The van der Waals surface area contributed by atoms with Gasteiger partial charge in [0.1, 0.15) is 47.8 Å². The van der Waals surface area contributed by atoms with Gasteiger partial charge in [0.25, 0.3) is 0 Å². The summed E-state index contributed by atoms with van der Waals surface area (Å²) in [5.74, 6) is -7.88. The minimum atomic E-state index is -1.50. The van der Waals surface area contributed by atoms with Crippen molar-refractivity contribution in [1.29, 1.82) is 0 Å². The van der Waals surface area contributed by atoms with Crippen LogP contribution in [0.3, 0.4) is 0 Å². The van der Waals surface area contributed by atoms with E-state index in [1.807, 2.05) is 6.92 Å². The molecule has 3 saturated heterocycles. The van der Waals surface area contributed by atoms with Crippen molar-refractivity contribution in [2.24, 2.45) is 17.8 Å². The van der Waals surface area contributed by atoms with Gasteiger partial charge in [0, 0.05) is 74.0 Å². The summed E-state index contributed by atoms with van der Waals surface area (Å²) in [6.07, 6.45) is 13.0. The molecule has 6 aliphatic rings. The second-order valence-corrected chi connectivity index (χ2v) is 28.4. The Morgan fingerprint density at radius 1 is 0.632 bits per heavy atom. The average molecular weight is 1350 g/mol. The Morgan fingerprint density at radius 3 is 1.89 bits per heavy atom. The Balaban J connectivity index is 1.25. The molecule has 12 amide bonds. The molecular weight excluding hydrogens is 1240 g/mol. The number of carbonyl (C=O) groups is 12. The molecule has 0 unspecified atom stereocenters. The zero-order chi connectivity index (χ0) is 69.4. The van der Waals surface area contributed by atoms with E-state index >= 15 is 19.2 Å². The lowest BCUT2D eigenvalue weighted by Crippen LogP contribution is -2.65. The molecule has 3 heterocycles. The molecule has 1 aromatic rings. The van der Waals surface area contributed by atoms with Gasteiger partial charge in [-0.25, -0.2) is 0 Å². The summed E-state index contributed by atoms with van der Waals surface area (Å²) >= 11 is 6.31. The molecule has 26 heteroatoms. The maximum atomic E-state index is 15.7. The van der Waals surface area contributed by atoms with Gasteiger partial charge in [-0.05, 0) is 107 Å². The third-order valence-electron chi connectivity index (χ3n) is 21.2. The number of hydrogen-bond acceptors (Lipinski definition) is 13. The van der Waals surface area contributed by atoms with Crippen LogP contribution in [-0.2, 0) is 68.9 Å². The summed E-state index contributed by atoms with van der Waals surface area (Å²) < 4.78 is 6.12. The molecule has 6 fully saturated rings. The second kappa shape index (κ2) is 34.9. The molecule has 95 heavy (non-hydrogen) atoms. The number of piperidine rings is 1. The fourth-order valence-electron chi connectivity index (χ4n) is 14.8. The lowest BCUT2D eigenvalue weighted by atomic mass is 9.81. The van der Waals surface area contributed by atoms with Crippen molar-refractivity contribution in [1.82, 2.24) is 60.0 Å². The van der Waals surface area contributed by atoms with Crippen molar-refractivity contribution in [2.45, 2.75) is 216 Å². The van der Waals surface area contributed by atoms with Gasteiger partial charge in [0.05, 0.1) is 39.3 Å². The standard InChI is InChI=1S/C69H107ClN12O13/c1-11-45(2)59-66(92)76(6)41-57(85)74(4)42-58(86)78(8)53(38-47-25-15-12-16-26-47)64(90)75(5)40-55(83)71-51(44-95-43-48-27-23-30-50(70)37-48)63(89)82-36-24-31-52(82)62(88)73-69(32-19-20-33-69)68(94)80(10)60(49-28-17-13-18-29-49)67(93)79(9)54(65(91)81-34-21-14-22-35-81)39-56(84)77(7)46(3)61(87)72-59/h23,27,30,37,45-47,49,51-54,59-60H,11-22,24-26,28-29,31-36,38-44H2,1-10H3,(H,71,83)(H,72,87)(H,73,88)/t45-,46-,51-,52-,53-,54-,59-,60-/m0/s1. The van der Waals surface area contributed by atoms with Crippen LogP contribution in [0.2, 0.25) is 5.02 Å². The van der Waals surface area contributed by atoms with Gasteiger partial charge >= 0.3 is 0 Å². The summed E-state index contributed by atoms with van der Waals surface area (Å²) in [6.45, 7) is 4.19. The highest BCUT2D eigenvalue weighted by Crippen LogP contribution is 2.37. The highest BCUT2D eigenvalue weighted by Gasteiger charge is 2.51. The molecule has 528 valence electrons. The molecule has 3 saturated carbocycles. The van der Waals surface area contributed by atoms with Gasteiger partial charge in [-0.15, -0.1) is 0 Å². The van der Waals surface area contributed by atoms with Crippen LogP contribution < -0.4 is 16.0 Å². The monoisotopic (exact) mass is 1350 g/mol. The fourth-order valence-corrected chi connectivity index (χ4v) is 15.0. The van der Waals surface area contributed by atoms with Gasteiger partial charge in [-0.2, -0.15) is 0 Å². The van der Waals surface area contributed by atoms with E-state index in [0.717, 1.165) is 80.4 Å². The highest BCUT2D eigenvalue weighted by atomic mass is 35.5. The van der Waals surface area contributed by atoms with Crippen LogP contribution in [0.4, 0.5) is 0 Å². The number of fused-ring (bicyclic) bond motifs is 1. The number of nitrogens with zero attached hydrogens (tertiary/aromatic N) is 9. The number of likely N-dealkylation sites (N-methyl/N-ethyl adjacent to an activating group) is 7. The van der Waals surface area contributed by atoms with E-state index in [9.17, 15) is 38.4 Å². The molecule has 0 bridgehead atoms. The molecule has 8 atom stereocenters. The maximum Gasteiger partial charge on any atom is 0.248 e. The Bertz CT molecular complexity index is 2910. The van der Waals surface area contributed by atoms with Gasteiger partial charge < -0.3 is 64.8 Å². The molecule has 3 aliphatic carbocycles. The summed E-state index contributed by atoms with van der Waals surface area (Å²) in [5, 5.41) is 9.22. The Kier molecular flexibility index (Phi) is 27.7. The Labute approximate surface area is 566 Å². The van der Waals surface area contributed by atoms with E-state index in [-0.39, 0.29) is 57.3 Å². The first kappa shape index (κ1) is 75.5. The minimum Gasteiger partial charge on any atom is -0.374 e. The number of rotatable bonds is 10. The lowest BCUT2D eigenvalue weighted by molar-refractivity contribution is -0.157. The highest BCUT2D eigenvalue weighted by molar-refractivity contribution is 6.30. The predicted molar refractivity (Wildman–Crippen MR) is 356 cm³/mol. The Hall–Kier alpha value is -6.89. The zero-order valence-electron chi connectivity index (χ0n) is 58.0. The normalized spacial score (nSPS) is 27.5. The van der Waals surface area contributed by atoms with Crippen molar-refractivity contribution in [3.63, 3.8) is 0 Å². The van der Waals surface area contributed by atoms with Crippen LogP contribution in [0, 0.1) is 17.8 Å². The average Bonchev–Trinajstić information content (AvgIpc) is 1.77. The van der Waals surface area contributed by atoms with Gasteiger partial charge in [-0.3, -0.25) is 57.5 Å². The maximum absolute atomic E-state index is 15.7. The largest absolute Gasteiger partial charge is 0.374 e. The molecule has 3 N–H and O–H groups in total. The minimum absolute atomic E-state index is 0.00211. The number of likely N-dealkylation sites (tertiary alicyclic amines) is 1. The number of nitrogens with one attached hydrogen (secondary N) is 3. The molecule has 25 nitrogen and oxygen atoms in total. The number of carbonyl (C=O) groups excluding carboxylic acids is 12. The van der Waals surface area contributed by atoms with Crippen LogP contribution in [0.25, 0.3) is 0 Å². The smallest absolute Gasteiger partial charge is 0.248 e. The van der Waals surface area contributed by atoms with E-state index in [0.29, 0.717) is 62.2 Å². The van der Waals surface area contributed by atoms with Crippen LogP contribution in [0.1, 0.15) is 168 Å². The molecule has 0 radical (unpaired) electrons. The van der Waals surface area contributed by atoms with E-state index in [2.05, 4.69) is 16.0 Å². The number of benzene rings is 1. The fraction of sp³-hybridized carbons (Fsp3) is 0.739. The number of hydrogen-bond donors (Lipinski definition) is 3. The third-order valence-corrected chi connectivity index (χ3v) is 21.5. The van der Waals surface area contributed by atoms with E-state index in [4.69, 9.17) is 16.3 Å². The van der Waals surface area contributed by atoms with E-state index in [1.54, 1.807) is 43.1 Å². The lowest BCUT2D eigenvalue weighted by Gasteiger charge is -2.43. The number of ether oxygens (including phenoxy) is 1. The Morgan fingerprint density at radius 2 is 1.25 bits per heavy atom. The molecule has 7 rings (SSSR count). The van der Waals surface area contributed by atoms with Gasteiger partial charge in [-0.1, -0.05) is 108 Å². The zero-order valence-corrected chi connectivity index (χ0v) is 58.8. The molecule has 3 aliphatic heterocycles. The van der Waals surface area contributed by atoms with Crippen molar-refractivity contribution in [2.75, 3.05) is 95.2 Å². The topological polar surface area (TPSA) is 279 Å². The quantitative estimate of drug-likeness (QED) is 0.300. The summed E-state index contributed by atoms with van der Waals surface area (Å²) in [5.41, 5.74) is -0.806. The van der Waals surface area contributed by atoms with Crippen molar-refractivity contribution >= 4 is 82.5 Å². The van der Waals surface area contributed by atoms with Crippen LogP contribution in [0.5, 0.6) is 0 Å². The molecule has 1 aromatic carbocycles. The summed E-state index contributed by atoms with van der Waals surface area (Å²) in [7, 11) is 10.2. The van der Waals surface area contributed by atoms with Crippen molar-refractivity contribution < 1.29 is 62.3 Å². The summed E-state index contributed by atoms with van der Waals surface area (Å²) in [6, 6.07) is -1.40. The van der Waals surface area contributed by atoms with Crippen LogP contribution in [-0.4, -0.2) is 258 Å². The van der Waals surface area contributed by atoms with Gasteiger partial charge in [0.2, 0.25) is 70.9 Å². The molecular formula is C69H107ClN12O13. The third kappa shape index (κ3) is 19.2. The summed E-state index contributed by atoms with van der Waals surface area (Å²) in [4.78, 5) is 189. The first-order valence-electron chi connectivity index (χ1n) is 34.8. The van der Waals surface area contributed by atoms with Gasteiger partial charge in [0.15, 0.2) is 0 Å².